The van der Waals surface area contributed by atoms with Gasteiger partial charge in [-0.1, -0.05) is 43.3 Å². The summed E-state index contributed by atoms with van der Waals surface area (Å²) in [6, 6.07) is 17.1. The number of ether oxygens (including phenoxy) is 1. The lowest BCUT2D eigenvalue weighted by molar-refractivity contribution is -0.387. The smallest absolute Gasteiger partial charge is 0.303 e. The van der Waals surface area contributed by atoms with Crippen LogP contribution < -0.4 is 9.04 Å². The van der Waals surface area contributed by atoms with Gasteiger partial charge in [0.25, 0.3) is 15.7 Å². The number of para-hydroxylation sites is 1. The van der Waals surface area contributed by atoms with Crippen molar-refractivity contribution < 1.29 is 40.8 Å². The first-order valence-corrected chi connectivity index (χ1v) is 19.3. The average molecular weight is 725 g/mol. The summed E-state index contributed by atoms with van der Waals surface area (Å²) in [5, 5.41) is 21.0. The van der Waals surface area contributed by atoms with Crippen molar-refractivity contribution in [1.29, 1.82) is 0 Å². The highest BCUT2D eigenvalue weighted by molar-refractivity contribution is 7.93. The first kappa shape index (κ1) is 36.5. The maximum absolute atomic E-state index is 15.4. The molecule has 0 bridgehead atoms. The molecule has 0 radical (unpaired) electrons. The summed E-state index contributed by atoms with van der Waals surface area (Å²) in [6.07, 6.45) is 0.318. The van der Waals surface area contributed by atoms with Crippen molar-refractivity contribution in [3.63, 3.8) is 0 Å². The van der Waals surface area contributed by atoms with Crippen LogP contribution in [0.5, 0.6) is 5.75 Å². The number of hydrogen-bond acceptors (Lipinski definition) is 8. The summed E-state index contributed by atoms with van der Waals surface area (Å²) in [4.78, 5) is 21.7. The Morgan fingerprint density at radius 3 is 2.36 bits per heavy atom. The van der Waals surface area contributed by atoms with Crippen LogP contribution in [-0.2, 0) is 37.5 Å². The number of fused-ring (bicyclic) bond motifs is 1. The highest BCUT2D eigenvalue weighted by Crippen LogP contribution is 2.47. The maximum atomic E-state index is 15.4. The SMILES string of the molecule is CCS(=O)(=O)CCOc1cc(C)c(-c2cccc3c2CCC3N(c2ccc(CCC(=O)O)c(F)c2)S(=O)(=O)c2ccccc2[N+](=O)[O-])c(C)c1. The van der Waals surface area contributed by atoms with Crippen molar-refractivity contribution in [1.82, 2.24) is 0 Å². The van der Waals surface area contributed by atoms with Crippen LogP contribution in [0.25, 0.3) is 11.1 Å². The van der Waals surface area contributed by atoms with E-state index >= 15 is 4.39 Å². The summed E-state index contributed by atoms with van der Waals surface area (Å²) in [5.74, 6) is -1.45. The van der Waals surface area contributed by atoms with E-state index in [2.05, 4.69) is 0 Å². The minimum Gasteiger partial charge on any atom is -0.493 e. The standard InChI is InChI=1S/C36H37FN2O9S2/c1-4-49(44,45)19-18-48-27-20-23(2)36(24(3)21-27)30-9-7-8-29-28(30)15-16-32(29)38(26-14-12-25(31(37)22-26)13-17-35(40)41)50(46,47)34-11-6-5-10-33(34)39(42)43/h5-12,14,20-22,32H,4,13,15-19H2,1-3H3,(H,40,41). The third kappa shape index (κ3) is 7.50. The van der Waals surface area contributed by atoms with Gasteiger partial charge in [-0.25, -0.2) is 21.2 Å². The molecular weight excluding hydrogens is 688 g/mol. The molecular formula is C36H37FN2O9S2. The number of sulfone groups is 1. The fraction of sp³-hybridized carbons (Fsp3) is 0.306. The Hall–Kier alpha value is -4.82. The molecule has 4 aromatic rings. The van der Waals surface area contributed by atoms with Gasteiger partial charge in [0.15, 0.2) is 14.7 Å². The van der Waals surface area contributed by atoms with E-state index in [0.29, 0.717) is 24.2 Å². The molecule has 1 unspecified atom stereocenters. The maximum Gasteiger partial charge on any atom is 0.303 e. The number of hydrogen-bond donors (Lipinski definition) is 1. The summed E-state index contributed by atoms with van der Waals surface area (Å²) in [6.45, 7) is 5.41. The number of anilines is 1. The Bertz CT molecular complexity index is 2160. The zero-order valence-corrected chi connectivity index (χ0v) is 29.4. The molecule has 0 heterocycles. The Labute approximate surface area is 290 Å². The second-order valence-electron chi connectivity index (χ2n) is 12.1. The first-order chi connectivity index (χ1) is 23.6. The number of nitro benzene ring substituents is 1. The summed E-state index contributed by atoms with van der Waals surface area (Å²) in [7, 11) is -7.85. The van der Waals surface area contributed by atoms with E-state index in [0.717, 1.165) is 50.3 Å². The lowest BCUT2D eigenvalue weighted by atomic mass is 9.90. The number of carbonyl (C=O) groups is 1. The summed E-state index contributed by atoms with van der Waals surface area (Å²) >= 11 is 0. The molecule has 0 aliphatic heterocycles. The molecule has 0 spiro atoms. The molecule has 0 aromatic heterocycles. The number of halogens is 1. The molecule has 1 aliphatic carbocycles. The fourth-order valence-electron chi connectivity index (χ4n) is 6.51. The molecule has 5 rings (SSSR count). The molecule has 0 saturated heterocycles. The lowest BCUT2D eigenvalue weighted by Crippen LogP contribution is -2.34. The van der Waals surface area contributed by atoms with E-state index in [-0.39, 0.29) is 42.2 Å². The molecule has 264 valence electrons. The van der Waals surface area contributed by atoms with Gasteiger partial charge in [-0.05, 0) is 102 Å². The van der Waals surface area contributed by atoms with Gasteiger partial charge < -0.3 is 9.84 Å². The number of aryl methyl sites for hydroxylation is 3. The zero-order valence-electron chi connectivity index (χ0n) is 27.8. The number of carboxylic acids is 1. The van der Waals surface area contributed by atoms with Gasteiger partial charge in [-0.15, -0.1) is 0 Å². The minimum absolute atomic E-state index is 0.0157. The van der Waals surface area contributed by atoms with E-state index in [1.54, 1.807) is 19.1 Å². The number of aliphatic carboxylic acids is 1. The van der Waals surface area contributed by atoms with E-state index in [1.807, 2.05) is 32.0 Å². The molecule has 1 N–H and O–H groups in total. The normalized spacial score (nSPS) is 14.3. The number of benzene rings is 4. The number of nitro groups is 1. The summed E-state index contributed by atoms with van der Waals surface area (Å²) in [5.41, 5.74) is 4.43. The van der Waals surface area contributed by atoms with Crippen LogP contribution in [0.2, 0.25) is 0 Å². The molecule has 4 aromatic carbocycles. The topological polar surface area (TPSA) is 161 Å². The monoisotopic (exact) mass is 724 g/mol. The Kier molecular flexibility index (Phi) is 10.6. The molecule has 14 heteroatoms. The third-order valence-electron chi connectivity index (χ3n) is 8.90. The van der Waals surface area contributed by atoms with Crippen LogP contribution in [0.1, 0.15) is 53.6 Å². The Morgan fingerprint density at radius 2 is 1.72 bits per heavy atom. The molecule has 1 aliphatic rings. The quantitative estimate of drug-likeness (QED) is 0.110. The van der Waals surface area contributed by atoms with Gasteiger partial charge in [-0.2, -0.15) is 0 Å². The second-order valence-corrected chi connectivity index (χ2v) is 16.4. The molecule has 50 heavy (non-hydrogen) atoms. The van der Waals surface area contributed by atoms with Crippen molar-refractivity contribution in [2.24, 2.45) is 0 Å². The largest absolute Gasteiger partial charge is 0.493 e. The molecule has 0 amide bonds. The third-order valence-corrected chi connectivity index (χ3v) is 12.5. The molecule has 11 nitrogen and oxygen atoms in total. The highest BCUT2D eigenvalue weighted by atomic mass is 32.2. The Balaban J connectivity index is 1.59. The number of sulfonamides is 1. The first-order valence-electron chi connectivity index (χ1n) is 16.0. The van der Waals surface area contributed by atoms with Gasteiger partial charge in [0.2, 0.25) is 0 Å². The van der Waals surface area contributed by atoms with Crippen molar-refractivity contribution in [2.75, 3.05) is 22.4 Å². The number of nitrogens with zero attached hydrogens (tertiary/aromatic N) is 2. The predicted octanol–water partition coefficient (Wildman–Crippen LogP) is 6.73. The molecule has 1 atom stereocenters. The average Bonchev–Trinajstić information content (AvgIpc) is 3.48. The van der Waals surface area contributed by atoms with Crippen molar-refractivity contribution in [3.05, 3.63) is 117 Å². The van der Waals surface area contributed by atoms with E-state index in [1.165, 1.54) is 24.3 Å². The van der Waals surface area contributed by atoms with Gasteiger partial charge in [0.1, 0.15) is 18.2 Å². The second kappa shape index (κ2) is 14.6. The van der Waals surface area contributed by atoms with Crippen molar-refractivity contribution in [2.45, 2.75) is 57.4 Å². The highest BCUT2D eigenvalue weighted by Gasteiger charge is 2.40. The van der Waals surface area contributed by atoms with E-state index < -0.39 is 53.2 Å². The van der Waals surface area contributed by atoms with Crippen molar-refractivity contribution >= 4 is 37.2 Å². The van der Waals surface area contributed by atoms with Crippen LogP contribution >= 0.6 is 0 Å². The van der Waals surface area contributed by atoms with Crippen molar-refractivity contribution in [3.8, 4) is 16.9 Å². The van der Waals surface area contributed by atoms with Crippen LogP contribution in [0.15, 0.2) is 77.7 Å². The van der Waals surface area contributed by atoms with E-state index in [9.17, 15) is 31.7 Å². The van der Waals surface area contributed by atoms with Crippen LogP contribution in [0.4, 0.5) is 15.8 Å². The van der Waals surface area contributed by atoms with Gasteiger partial charge in [0.05, 0.1) is 22.4 Å². The fourth-order valence-corrected chi connectivity index (χ4v) is 8.95. The van der Waals surface area contributed by atoms with Gasteiger partial charge in [0, 0.05) is 18.2 Å². The summed E-state index contributed by atoms with van der Waals surface area (Å²) < 4.78 is 75.1. The molecule has 0 fully saturated rings. The predicted molar refractivity (Wildman–Crippen MR) is 187 cm³/mol. The Morgan fingerprint density at radius 1 is 1.02 bits per heavy atom. The molecule has 0 saturated carbocycles. The number of carboxylic acid groups (broad SMARTS) is 1. The zero-order chi connectivity index (χ0) is 36.4. The van der Waals surface area contributed by atoms with Gasteiger partial charge in [-0.3, -0.25) is 19.2 Å². The van der Waals surface area contributed by atoms with E-state index in [4.69, 9.17) is 9.84 Å². The van der Waals surface area contributed by atoms with Crippen LogP contribution in [0.3, 0.4) is 0 Å². The lowest BCUT2D eigenvalue weighted by Gasteiger charge is -2.31. The number of rotatable bonds is 14. The van der Waals surface area contributed by atoms with Gasteiger partial charge >= 0.3 is 5.97 Å². The van der Waals surface area contributed by atoms with Crippen LogP contribution in [0, 0.1) is 29.8 Å². The van der Waals surface area contributed by atoms with Crippen LogP contribution in [-0.4, -0.2) is 50.9 Å². The minimum atomic E-state index is -4.66.